The lowest BCUT2D eigenvalue weighted by molar-refractivity contribution is -0.143. The summed E-state index contributed by atoms with van der Waals surface area (Å²) in [5.74, 6) is -1.10. The van der Waals surface area contributed by atoms with E-state index in [9.17, 15) is 9.59 Å². The van der Waals surface area contributed by atoms with Crippen LogP contribution >= 0.6 is 0 Å². The molecule has 1 amide bonds. The smallest absolute Gasteiger partial charge is 0.328 e. The molecule has 0 heterocycles. The van der Waals surface area contributed by atoms with Crippen molar-refractivity contribution in [3.05, 3.63) is 29.8 Å². The molecule has 19 heavy (non-hydrogen) atoms. The molecular weight excluding hydrogens is 250 g/mol. The van der Waals surface area contributed by atoms with Gasteiger partial charge in [0.2, 0.25) is 5.91 Å². The van der Waals surface area contributed by atoms with E-state index in [1.807, 2.05) is 19.1 Å². The molecule has 0 bridgehead atoms. The summed E-state index contributed by atoms with van der Waals surface area (Å²) in [6.07, 6.45) is 0.0255. The van der Waals surface area contributed by atoms with Crippen LogP contribution in [0.1, 0.15) is 12.0 Å². The molecule has 0 radical (unpaired) electrons. The number of aryl methyl sites for hydroxylation is 1. The van der Waals surface area contributed by atoms with Crippen molar-refractivity contribution < 1.29 is 24.5 Å². The molecule has 1 atom stereocenters. The highest BCUT2D eigenvalue weighted by Crippen LogP contribution is 2.11. The van der Waals surface area contributed by atoms with Gasteiger partial charge < -0.3 is 20.3 Å². The van der Waals surface area contributed by atoms with E-state index in [1.165, 1.54) is 0 Å². The Morgan fingerprint density at radius 1 is 1.32 bits per heavy atom. The molecule has 0 saturated carbocycles. The quantitative estimate of drug-likeness (QED) is 0.661. The molecule has 1 aromatic carbocycles. The van der Waals surface area contributed by atoms with Crippen LogP contribution in [0.25, 0.3) is 0 Å². The highest BCUT2D eigenvalue weighted by Gasteiger charge is 2.18. The number of carboxylic acids is 1. The molecule has 0 fully saturated rings. The number of hydrogen-bond acceptors (Lipinski definition) is 4. The summed E-state index contributed by atoms with van der Waals surface area (Å²) in [6, 6.07) is 6.09. The van der Waals surface area contributed by atoms with Gasteiger partial charge in [0.15, 0.2) is 0 Å². The van der Waals surface area contributed by atoms with Crippen LogP contribution in [0.15, 0.2) is 24.3 Å². The van der Waals surface area contributed by atoms with Gasteiger partial charge in [-0.2, -0.15) is 0 Å². The molecule has 0 spiro atoms. The number of benzene rings is 1. The zero-order chi connectivity index (χ0) is 14.3. The average molecular weight is 267 g/mol. The molecule has 3 N–H and O–H groups in total. The summed E-state index contributed by atoms with van der Waals surface area (Å²) in [5, 5.41) is 19.6. The Morgan fingerprint density at radius 2 is 1.95 bits per heavy atom. The van der Waals surface area contributed by atoms with Crippen LogP contribution in [-0.2, 0) is 9.59 Å². The first-order valence-electron chi connectivity index (χ1n) is 5.85. The SMILES string of the molecule is Cc1ccc(OCCC(=O)NC(CO)C(=O)O)cc1. The molecule has 0 aromatic heterocycles. The first kappa shape index (κ1) is 15.0. The minimum atomic E-state index is -1.27. The van der Waals surface area contributed by atoms with Gasteiger partial charge in [-0.1, -0.05) is 17.7 Å². The number of carboxylic acid groups (broad SMARTS) is 1. The average Bonchev–Trinajstić information content (AvgIpc) is 2.38. The number of aliphatic carboxylic acids is 1. The third-order valence-corrected chi connectivity index (χ3v) is 2.43. The third kappa shape index (κ3) is 5.39. The van der Waals surface area contributed by atoms with Gasteiger partial charge in [-0.25, -0.2) is 4.79 Å². The zero-order valence-corrected chi connectivity index (χ0v) is 10.6. The highest BCUT2D eigenvalue weighted by molar-refractivity contribution is 5.83. The fraction of sp³-hybridized carbons (Fsp3) is 0.385. The standard InChI is InChI=1S/C13H17NO5/c1-9-2-4-10(5-3-9)19-7-6-12(16)14-11(8-15)13(17)18/h2-5,11,15H,6-8H2,1H3,(H,14,16)(H,17,18). The Kier molecular flexibility index (Phi) is 5.81. The fourth-order valence-corrected chi connectivity index (χ4v) is 1.35. The Labute approximate surface area is 111 Å². The largest absolute Gasteiger partial charge is 0.493 e. The van der Waals surface area contributed by atoms with E-state index in [2.05, 4.69) is 5.32 Å². The second-order valence-electron chi connectivity index (χ2n) is 4.05. The van der Waals surface area contributed by atoms with Gasteiger partial charge in [0, 0.05) is 0 Å². The first-order valence-corrected chi connectivity index (χ1v) is 5.85. The second-order valence-corrected chi connectivity index (χ2v) is 4.05. The Balaban J connectivity index is 2.30. The summed E-state index contributed by atoms with van der Waals surface area (Å²) in [5.41, 5.74) is 1.11. The number of rotatable bonds is 7. The molecule has 6 heteroatoms. The summed E-state index contributed by atoms with van der Waals surface area (Å²) < 4.78 is 5.34. The van der Waals surface area contributed by atoms with E-state index >= 15 is 0 Å². The molecule has 1 rings (SSSR count). The van der Waals surface area contributed by atoms with Gasteiger partial charge in [-0.15, -0.1) is 0 Å². The maximum atomic E-state index is 11.4. The molecular formula is C13H17NO5. The number of hydrogen-bond donors (Lipinski definition) is 3. The number of amides is 1. The number of aliphatic hydroxyl groups excluding tert-OH is 1. The van der Waals surface area contributed by atoms with E-state index in [0.29, 0.717) is 5.75 Å². The van der Waals surface area contributed by atoms with Crippen molar-refractivity contribution >= 4 is 11.9 Å². The number of carbonyl (C=O) groups is 2. The summed E-state index contributed by atoms with van der Waals surface area (Å²) in [7, 11) is 0. The van der Waals surface area contributed by atoms with E-state index in [0.717, 1.165) is 5.56 Å². The molecule has 0 aliphatic heterocycles. The Morgan fingerprint density at radius 3 is 2.47 bits per heavy atom. The normalized spacial score (nSPS) is 11.7. The van der Waals surface area contributed by atoms with Gasteiger partial charge >= 0.3 is 5.97 Å². The van der Waals surface area contributed by atoms with Crippen LogP contribution in [0.5, 0.6) is 5.75 Å². The maximum absolute atomic E-state index is 11.4. The van der Waals surface area contributed by atoms with Gasteiger partial charge in [0.25, 0.3) is 0 Å². The monoisotopic (exact) mass is 267 g/mol. The van der Waals surface area contributed by atoms with Crippen LogP contribution in [0.2, 0.25) is 0 Å². The van der Waals surface area contributed by atoms with E-state index < -0.39 is 24.5 Å². The number of carbonyl (C=O) groups excluding carboxylic acids is 1. The van der Waals surface area contributed by atoms with E-state index in [1.54, 1.807) is 12.1 Å². The van der Waals surface area contributed by atoms with Crippen molar-refractivity contribution in [2.45, 2.75) is 19.4 Å². The van der Waals surface area contributed by atoms with Crippen LogP contribution in [0, 0.1) is 6.92 Å². The van der Waals surface area contributed by atoms with Gasteiger partial charge in [0.05, 0.1) is 19.6 Å². The summed E-state index contributed by atoms with van der Waals surface area (Å²) >= 11 is 0. The maximum Gasteiger partial charge on any atom is 0.328 e. The molecule has 1 unspecified atom stereocenters. The fourth-order valence-electron chi connectivity index (χ4n) is 1.35. The Hall–Kier alpha value is -2.08. The second kappa shape index (κ2) is 7.38. The molecule has 0 aliphatic carbocycles. The van der Waals surface area contributed by atoms with Crippen LogP contribution in [0.4, 0.5) is 0 Å². The van der Waals surface area contributed by atoms with Crippen LogP contribution in [0.3, 0.4) is 0 Å². The van der Waals surface area contributed by atoms with E-state index in [-0.39, 0.29) is 13.0 Å². The summed E-state index contributed by atoms with van der Waals surface area (Å²) in [6.45, 7) is 1.46. The molecule has 104 valence electrons. The van der Waals surface area contributed by atoms with Crippen LogP contribution < -0.4 is 10.1 Å². The lowest BCUT2D eigenvalue weighted by atomic mass is 10.2. The number of ether oxygens (including phenoxy) is 1. The predicted octanol–water partition coefficient (Wildman–Crippen LogP) is 0.326. The van der Waals surface area contributed by atoms with Crippen molar-refractivity contribution in [1.29, 1.82) is 0 Å². The number of nitrogens with one attached hydrogen (secondary N) is 1. The molecule has 1 aromatic rings. The minimum Gasteiger partial charge on any atom is -0.493 e. The Bertz CT molecular complexity index is 429. The van der Waals surface area contributed by atoms with Crippen LogP contribution in [-0.4, -0.2) is 41.3 Å². The van der Waals surface area contributed by atoms with Crippen molar-refractivity contribution in [2.75, 3.05) is 13.2 Å². The lowest BCUT2D eigenvalue weighted by Crippen LogP contribution is -2.43. The van der Waals surface area contributed by atoms with Crippen molar-refractivity contribution in [2.24, 2.45) is 0 Å². The molecule has 6 nitrogen and oxygen atoms in total. The third-order valence-electron chi connectivity index (χ3n) is 2.43. The van der Waals surface area contributed by atoms with Gasteiger partial charge in [-0.3, -0.25) is 4.79 Å². The summed E-state index contributed by atoms with van der Waals surface area (Å²) in [4.78, 5) is 22.0. The minimum absolute atomic E-state index is 0.0255. The van der Waals surface area contributed by atoms with E-state index in [4.69, 9.17) is 14.9 Å². The topological polar surface area (TPSA) is 95.9 Å². The van der Waals surface area contributed by atoms with Crippen molar-refractivity contribution in [3.8, 4) is 5.75 Å². The van der Waals surface area contributed by atoms with Gasteiger partial charge in [0.1, 0.15) is 11.8 Å². The van der Waals surface area contributed by atoms with Crippen molar-refractivity contribution in [1.82, 2.24) is 5.32 Å². The predicted molar refractivity (Wildman–Crippen MR) is 67.9 cm³/mol. The lowest BCUT2D eigenvalue weighted by Gasteiger charge is -2.12. The molecule has 0 saturated heterocycles. The first-order chi connectivity index (χ1) is 9.02. The zero-order valence-electron chi connectivity index (χ0n) is 10.6. The van der Waals surface area contributed by atoms with Gasteiger partial charge in [-0.05, 0) is 19.1 Å². The number of aliphatic hydroxyl groups is 1. The molecule has 0 aliphatic rings. The van der Waals surface area contributed by atoms with Crippen molar-refractivity contribution in [3.63, 3.8) is 0 Å². The highest BCUT2D eigenvalue weighted by atomic mass is 16.5.